The molecule has 8 heavy (non-hydrogen) atoms. The Kier molecular flexibility index (Phi) is 1.38. The van der Waals surface area contributed by atoms with Crippen molar-refractivity contribution >= 4 is 0 Å². The molecule has 44 valence electrons. The van der Waals surface area contributed by atoms with Crippen LogP contribution in [0.3, 0.4) is 0 Å². The third-order valence-electron chi connectivity index (χ3n) is 1.36. The molecule has 0 bridgehead atoms. The maximum absolute atomic E-state index is 8.97. The van der Waals surface area contributed by atoms with Gasteiger partial charge >= 0.3 is 0 Å². The predicted octanol–water partition coefficient (Wildman–Crippen LogP) is 2.17. The molecule has 0 spiro atoms. The van der Waals surface area contributed by atoms with Crippen molar-refractivity contribution in [2.75, 3.05) is 0 Å². The molecule has 0 fully saturated rings. The first kappa shape index (κ1) is 5.42. The van der Waals surface area contributed by atoms with Gasteiger partial charge in [0.1, 0.15) is 5.76 Å². The van der Waals surface area contributed by atoms with Crippen LogP contribution in [0.5, 0.6) is 0 Å². The molecule has 0 aromatic heterocycles. The highest BCUT2D eigenvalue weighted by atomic mass is 16.3. The second kappa shape index (κ2) is 2.03. The fourth-order valence-electron chi connectivity index (χ4n) is 0.785. The Balaban J connectivity index is 2.73. The molecule has 0 radical (unpaired) electrons. The smallest absolute Gasteiger partial charge is 0.114 e. The molecule has 0 aromatic carbocycles. The monoisotopic (exact) mass is 110 g/mol. The average molecular weight is 110 g/mol. The Bertz CT molecular complexity index is 124. The van der Waals surface area contributed by atoms with Gasteiger partial charge in [0, 0.05) is 0 Å². The van der Waals surface area contributed by atoms with E-state index in [1.807, 2.05) is 13.0 Å². The molecule has 1 rings (SSSR count). The first-order valence-electron chi connectivity index (χ1n) is 2.87. The van der Waals surface area contributed by atoms with Crippen molar-refractivity contribution < 1.29 is 5.11 Å². The molecule has 1 aliphatic rings. The zero-order valence-corrected chi connectivity index (χ0v) is 5.02. The standard InChI is InChI=1S/C7H10O/c1-6-4-2-3-5-7(6)8/h4-5,8H,2-3H2,1H3. The summed E-state index contributed by atoms with van der Waals surface area (Å²) in [6, 6.07) is 0. The normalized spacial score (nSPS) is 19.6. The zero-order chi connectivity index (χ0) is 5.98. The molecule has 0 saturated carbocycles. The third kappa shape index (κ3) is 0.915. The van der Waals surface area contributed by atoms with Crippen LogP contribution in [0, 0.1) is 0 Å². The van der Waals surface area contributed by atoms with E-state index >= 15 is 0 Å². The molecule has 0 aromatic rings. The van der Waals surface area contributed by atoms with Gasteiger partial charge in [0.05, 0.1) is 0 Å². The molecule has 1 N–H and O–H groups in total. The summed E-state index contributed by atoms with van der Waals surface area (Å²) in [4.78, 5) is 0. The average Bonchev–Trinajstić information content (AvgIpc) is 1.77. The van der Waals surface area contributed by atoms with Crippen LogP contribution in [0.4, 0.5) is 0 Å². The van der Waals surface area contributed by atoms with Crippen LogP contribution in [0.1, 0.15) is 19.8 Å². The van der Waals surface area contributed by atoms with Crippen molar-refractivity contribution in [3.05, 3.63) is 23.5 Å². The topological polar surface area (TPSA) is 20.2 Å². The van der Waals surface area contributed by atoms with Crippen molar-refractivity contribution in [3.8, 4) is 0 Å². The summed E-state index contributed by atoms with van der Waals surface area (Å²) in [6.45, 7) is 1.92. The molecule has 0 amide bonds. The van der Waals surface area contributed by atoms with Gasteiger partial charge in [-0.25, -0.2) is 0 Å². The summed E-state index contributed by atoms with van der Waals surface area (Å²) in [7, 11) is 0. The summed E-state index contributed by atoms with van der Waals surface area (Å²) in [5.41, 5.74) is 1.01. The van der Waals surface area contributed by atoms with E-state index in [-0.39, 0.29) is 0 Å². The number of hydrogen-bond acceptors (Lipinski definition) is 1. The number of aliphatic hydroxyl groups excluding tert-OH is 1. The van der Waals surface area contributed by atoms with E-state index < -0.39 is 0 Å². The SMILES string of the molecule is CC1=CCCC=C1O. The molecular weight excluding hydrogens is 100 g/mol. The Morgan fingerprint density at radius 1 is 1.38 bits per heavy atom. The quantitative estimate of drug-likeness (QED) is 0.506. The molecule has 1 heteroatoms. The van der Waals surface area contributed by atoms with Gasteiger partial charge in [-0.05, 0) is 31.4 Å². The number of allylic oxidation sites excluding steroid dienone is 3. The highest BCUT2D eigenvalue weighted by molar-refractivity contribution is 5.25. The van der Waals surface area contributed by atoms with Crippen LogP contribution in [0.25, 0.3) is 0 Å². The van der Waals surface area contributed by atoms with Crippen molar-refractivity contribution in [2.24, 2.45) is 0 Å². The van der Waals surface area contributed by atoms with E-state index in [0.717, 1.165) is 18.4 Å². The van der Waals surface area contributed by atoms with Crippen LogP contribution in [0.2, 0.25) is 0 Å². The second-order valence-corrected chi connectivity index (χ2v) is 2.05. The van der Waals surface area contributed by atoms with E-state index in [4.69, 9.17) is 5.11 Å². The Morgan fingerprint density at radius 2 is 2.00 bits per heavy atom. The van der Waals surface area contributed by atoms with Crippen LogP contribution in [-0.4, -0.2) is 5.11 Å². The predicted molar refractivity (Wildman–Crippen MR) is 33.7 cm³/mol. The summed E-state index contributed by atoms with van der Waals surface area (Å²) >= 11 is 0. The summed E-state index contributed by atoms with van der Waals surface area (Å²) in [5, 5.41) is 8.97. The fraction of sp³-hybridized carbons (Fsp3) is 0.429. The van der Waals surface area contributed by atoms with Gasteiger partial charge in [0.25, 0.3) is 0 Å². The van der Waals surface area contributed by atoms with Crippen molar-refractivity contribution in [3.63, 3.8) is 0 Å². The number of aliphatic hydroxyl groups is 1. The van der Waals surface area contributed by atoms with Gasteiger partial charge < -0.3 is 5.11 Å². The number of hydrogen-bond donors (Lipinski definition) is 1. The molecular formula is C7H10O. The minimum absolute atomic E-state index is 0.455. The van der Waals surface area contributed by atoms with Crippen LogP contribution in [0.15, 0.2) is 23.5 Å². The van der Waals surface area contributed by atoms with E-state index in [0.29, 0.717) is 5.76 Å². The molecule has 1 nitrogen and oxygen atoms in total. The highest BCUT2D eigenvalue weighted by Crippen LogP contribution is 2.14. The van der Waals surface area contributed by atoms with E-state index in [9.17, 15) is 0 Å². The molecule has 0 aliphatic heterocycles. The first-order valence-corrected chi connectivity index (χ1v) is 2.87. The zero-order valence-electron chi connectivity index (χ0n) is 5.02. The highest BCUT2D eigenvalue weighted by Gasteiger charge is 1.98. The lowest BCUT2D eigenvalue weighted by Gasteiger charge is -2.03. The van der Waals surface area contributed by atoms with Gasteiger partial charge in [-0.1, -0.05) is 6.08 Å². The van der Waals surface area contributed by atoms with Crippen molar-refractivity contribution in [1.82, 2.24) is 0 Å². The van der Waals surface area contributed by atoms with Crippen molar-refractivity contribution in [2.45, 2.75) is 19.8 Å². The largest absolute Gasteiger partial charge is 0.508 e. The maximum Gasteiger partial charge on any atom is 0.114 e. The molecule has 0 unspecified atom stereocenters. The van der Waals surface area contributed by atoms with Crippen LogP contribution in [-0.2, 0) is 0 Å². The Hall–Kier alpha value is -0.720. The summed E-state index contributed by atoms with van der Waals surface area (Å²) in [6.07, 6.45) is 5.98. The third-order valence-corrected chi connectivity index (χ3v) is 1.36. The minimum atomic E-state index is 0.455. The van der Waals surface area contributed by atoms with Crippen LogP contribution < -0.4 is 0 Å². The van der Waals surface area contributed by atoms with Gasteiger partial charge in [0.15, 0.2) is 0 Å². The molecule has 0 saturated heterocycles. The molecule has 0 atom stereocenters. The maximum atomic E-state index is 8.97. The fourth-order valence-corrected chi connectivity index (χ4v) is 0.785. The number of rotatable bonds is 0. The molecule has 0 heterocycles. The Morgan fingerprint density at radius 3 is 2.38 bits per heavy atom. The van der Waals surface area contributed by atoms with Gasteiger partial charge in [-0.3, -0.25) is 0 Å². The van der Waals surface area contributed by atoms with E-state index in [1.165, 1.54) is 0 Å². The van der Waals surface area contributed by atoms with E-state index in [2.05, 4.69) is 6.08 Å². The van der Waals surface area contributed by atoms with Gasteiger partial charge in [-0.2, -0.15) is 0 Å². The van der Waals surface area contributed by atoms with E-state index in [1.54, 1.807) is 0 Å². The van der Waals surface area contributed by atoms with Gasteiger partial charge in [-0.15, -0.1) is 0 Å². The lowest BCUT2D eigenvalue weighted by atomic mass is 10.1. The lowest BCUT2D eigenvalue weighted by molar-refractivity contribution is 0.417. The van der Waals surface area contributed by atoms with Crippen molar-refractivity contribution in [1.29, 1.82) is 0 Å². The minimum Gasteiger partial charge on any atom is -0.508 e. The lowest BCUT2D eigenvalue weighted by Crippen LogP contribution is -1.88. The Labute approximate surface area is 49.3 Å². The van der Waals surface area contributed by atoms with Gasteiger partial charge in [0.2, 0.25) is 0 Å². The molecule has 1 aliphatic carbocycles. The summed E-state index contributed by atoms with van der Waals surface area (Å²) < 4.78 is 0. The summed E-state index contributed by atoms with van der Waals surface area (Å²) in [5.74, 6) is 0.455. The van der Waals surface area contributed by atoms with Crippen LogP contribution >= 0.6 is 0 Å². The second-order valence-electron chi connectivity index (χ2n) is 2.05. The first-order chi connectivity index (χ1) is 3.80.